The van der Waals surface area contributed by atoms with Crippen molar-refractivity contribution in [3.63, 3.8) is 0 Å². The molecule has 0 atom stereocenters. The number of rotatable bonds is 6. The van der Waals surface area contributed by atoms with E-state index in [9.17, 15) is 14.9 Å². The number of urea groups is 1. The molecule has 0 spiro atoms. The number of nitrogens with zero attached hydrogens (tertiary/aromatic N) is 1. The van der Waals surface area contributed by atoms with Crippen molar-refractivity contribution in [2.45, 2.75) is 19.8 Å². The number of nitro benzene ring substituents is 1. The van der Waals surface area contributed by atoms with Crippen molar-refractivity contribution in [1.29, 1.82) is 0 Å². The SMILES string of the molecule is CCCCNC(=O)Nc1cc([N+](=O)[O-])ccc1OC. The van der Waals surface area contributed by atoms with E-state index in [-0.39, 0.29) is 11.4 Å². The molecule has 0 aliphatic carbocycles. The molecule has 0 heterocycles. The van der Waals surface area contributed by atoms with Gasteiger partial charge in [-0.3, -0.25) is 10.1 Å². The van der Waals surface area contributed by atoms with Gasteiger partial charge in [0.1, 0.15) is 5.75 Å². The average Bonchev–Trinajstić information content (AvgIpc) is 2.38. The van der Waals surface area contributed by atoms with Gasteiger partial charge < -0.3 is 15.4 Å². The van der Waals surface area contributed by atoms with E-state index in [1.54, 1.807) is 0 Å². The van der Waals surface area contributed by atoms with Crippen LogP contribution in [0.1, 0.15) is 19.8 Å². The minimum atomic E-state index is -0.528. The number of methoxy groups -OCH3 is 1. The largest absolute Gasteiger partial charge is 0.495 e. The van der Waals surface area contributed by atoms with Crippen LogP contribution < -0.4 is 15.4 Å². The smallest absolute Gasteiger partial charge is 0.319 e. The first-order valence-corrected chi connectivity index (χ1v) is 5.95. The van der Waals surface area contributed by atoms with Gasteiger partial charge in [-0.05, 0) is 12.5 Å². The molecule has 2 amide bonds. The third kappa shape index (κ3) is 4.46. The molecule has 19 heavy (non-hydrogen) atoms. The number of hydrogen-bond acceptors (Lipinski definition) is 4. The highest BCUT2D eigenvalue weighted by Gasteiger charge is 2.13. The maximum atomic E-state index is 11.6. The van der Waals surface area contributed by atoms with Gasteiger partial charge in [0.25, 0.3) is 5.69 Å². The van der Waals surface area contributed by atoms with Crippen LogP contribution in [-0.4, -0.2) is 24.6 Å². The van der Waals surface area contributed by atoms with Gasteiger partial charge in [0.15, 0.2) is 0 Å². The Morgan fingerprint density at radius 3 is 2.79 bits per heavy atom. The molecule has 0 bridgehead atoms. The maximum Gasteiger partial charge on any atom is 0.319 e. The fraction of sp³-hybridized carbons (Fsp3) is 0.417. The van der Waals surface area contributed by atoms with Crippen LogP contribution in [-0.2, 0) is 0 Å². The van der Waals surface area contributed by atoms with Crippen molar-refractivity contribution in [2.75, 3.05) is 19.0 Å². The summed E-state index contributed by atoms with van der Waals surface area (Å²) in [6.07, 6.45) is 1.85. The minimum Gasteiger partial charge on any atom is -0.495 e. The summed E-state index contributed by atoms with van der Waals surface area (Å²) in [7, 11) is 1.43. The lowest BCUT2D eigenvalue weighted by Gasteiger charge is -2.10. The molecule has 2 N–H and O–H groups in total. The zero-order valence-electron chi connectivity index (χ0n) is 10.9. The average molecular weight is 267 g/mol. The van der Waals surface area contributed by atoms with E-state index in [4.69, 9.17) is 4.74 Å². The Balaban J connectivity index is 2.77. The van der Waals surface area contributed by atoms with Crippen molar-refractivity contribution >= 4 is 17.4 Å². The normalized spacial score (nSPS) is 9.79. The number of nitro groups is 1. The van der Waals surface area contributed by atoms with Crippen LogP contribution in [0.25, 0.3) is 0 Å². The van der Waals surface area contributed by atoms with Crippen molar-refractivity contribution in [3.8, 4) is 5.75 Å². The molecular weight excluding hydrogens is 250 g/mol. The van der Waals surface area contributed by atoms with Gasteiger partial charge in [-0.2, -0.15) is 0 Å². The third-order valence-electron chi connectivity index (χ3n) is 2.46. The van der Waals surface area contributed by atoms with E-state index in [1.165, 1.54) is 25.3 Å². The second kappa shape index (κ2) is 7.20. The van der Waals surface area contributed by atoms with Gasteiger partial charge in [0.05, 0.1) is 17.7 Å². The predicted molar refractivity (Wildman–Crippen MR) is 71.6 cm³/mol. The van der Waals surface area contributed by atoms with Gasteiger partial charge in [-0.15, -0.1) is 0 Å². The molecule has 0 saturated heterocycles. The number of hydrogen-bond donors (Lipinski definition) is 2. The summed E-state index contributed by atoms with van der Waals surface area (Å²) >= 11 is 0. The molecule has 0 fully saturated rings. The number of carbonyl (C=O) groups is 1. The summed E-state index contributed by atoms with van der Waals surface area (Å²) in [4.78, 5) is 21.7. The Kier molecular flexibility index (Phi) is 5.59. The van der Waals surface area contributed by atoms with Crippen molar-refractivity contribution < 1.29 is 14.5 Å². The summed E-state index contributed by atoms with van der Waals surface area (Å²) in [5.74, 6) is 0.372. The Morgan fingerprint density at radius 2 is 2.21 bits per heavy atom. The molecule has 0 unspecified atom stereocenters. The molecule has 1 aromatic carbocycles. The number of carbonyl (C=O) groups excluding carboxylic acids is 1. The molecule has 7 nitrogen and oxygen atoms in total. The topological polar surface area (TPSA) is 93.5 Å². The molecule has 1 rings (SSSR count). The second-order valence-corrected chi connectivity index (χ2v) is 3.88. The highest BCUT2D eigenvalue weighted by atomic mass is 16.6. The molecule has 0 radical (unpaired) electrons. The van der Waals surface area contributed by atoms with E-state index in [0.717, 1.165) is 12.8 Å². The van der Waals surface area contributed by atoms with Gasteiger partial charge in [-0.25, -0.2) is 4.79 Å². The number of unbranched alkanes of at least 4 members (excludes halogenated alkanes) is 1. The highest BCUT2D eigenvalue weighted by Crippen LogP contribution is 2.28. The molecule has 7 heteroatoms. The molecular formula is C12H17N3O4. The minimum absolute atomic E-state index is 0.107. The number of benzene rings is 1. The van der Waals surface area contributed by atoms with Crippen LogP contribution in [0.15, 0.2) is 18.2 Å². The van der Waals surface area contributed by atoms with Crippen molar-refractivity contribution in [2.24, 2.45) is 0 Å². The van der Waals surface area contributed by atoms with Crippen LogP contribution in [0, 0.1) is 10.1 Å². The van der Waals surface area contributed by atoms with Crippen LogP contribution in [0.4, 0.5) is 16.2 Å². The number of ether oxygens (including phenoxy) is 1. The van der Waals surface area contributed by atoms with Crippen LogP contribution in [0.5, 0.6) is 5.75 Å². The van der Waals surface area contributed by atoms with Gasteiger partial charge in [0, 0.05) is 18.7 Å². The zero-order valence-corrected chi connectivity index (χ0v) is 10.9. The Hall–Kier alpha value is -2.31. The summed E-state index contributed by atoms with van der Waals surface area (Å²) in [6, 6.07) is 3.61. The third-order valence-corrected chi connectivity index (χ3v) is 2.46. The number of non-ortho nitro benzene ring substituents is 1. The van der Waals surface area contributed by atoms with E-state index >= 15 is 0 Å². The zero-order chi connectivity index (χ0) is 14.3. The number of amides is 2. The lowest BCUT2D eigenvalue weighted by atomic mass is 10.2. The number of nitrogens with one attached hydrogen (secondary N) is 2. The predicted octanol–water partition coefficient (Wildman–Crippen LogP) is 2.53. The molecule has 0 saturated carbocycles. The van der Waals surface area contributed by atoms with Crippen LogP contribution >= 0.6 is 0 Å². The first-order chi connectivity index (χ1) is 9.08. The lowest BCUT2D eigenvalue weighted by molar-refractivity contribution is -0.384. The highest BCUT2D eigenvalue weighted by molar-refractivity contribution is 5.91. The number of anilines is 1. The Bertz CT molecular complexity index is 462. The molecule has 0 aliphatic rings. The van der Waals surface area contributed by atoms with Gasteiger partial charge in [0.2, 0.25) is 0 Å². The van der Waals surface area contributed by atoms with Crippen molar-refractivity contribution in [1.82, 2.24) is 5.32 Å². The first-order valence-electron chi connectivity index (χ1n) is 5.95. The quantitative estimate of drug-likeness (QED) is 0.470. The van der Waals surface area contributed by atoms with Crippen molar-refractivity contribution in [3.05, 3.63) is 28.3 Å². The van der Waals surface area contributed by atoms with E-state index in [0.29, 0.717) is 12.3 Å². The van der Waals surface area contributed by atoms with E-state index < -0.39 is 11.0 Å². The maximum absolute atomic E-state index is 11.6. The summed E-state index contributed by atoms with van der Waals surface area (Å²) in [6.45, 7) is 2.57. The fourth-order valence-corrected chi connectivity index (χ4v) is 1.45. The fourth-order valence-electron chi connectivity index (χ4n) is 1.45. The Labute approximate surface area is 111 Å². The lowest BCUT2D eigenvalue weighted by Crippen LogP contribution is -2.29. The second-order valence-electron chi connectivity index (χ2n) is 3.88. The van der Waals surface area contributed by atoms with Crippen LogP contribution in [0.2, 0.25) is 0 Å². The van der Waals surface area contributed by atoms with Gasteiger partial charge in [-0.1, -0.05) is 13.3 Å². The summed E-state index contributed by atoms with van der Waals surface area (Å²) < 4.78 is 5.04. The molecule has 0 aliphatic heterocycles. The first kappa shape index (κ1) is 14.7. The summed E-state index contributed by atoms with van der Waals surface area (Å²) in [5.41, 5.74) is 0.162. The van der Waals surface area contributed by atoms with Gasteiger partial charge >= 0.3 is 6.03 Å². The molecule has 104 valence electrons. The summed E-state index contributed by atoms with van der Waals surface area (Å²) in [5, 5.41) is 15.9. The molecule has 0 aromatic heterocycles. The standard InChI is InChI=1S/C12H17N3O4/c1-3-4-7-13-12(16)14-10-8-9(15(17)18)5-6-11(10)19-2/h5-6,8H,3-4,7H2,1-2H3,(H2,13,14,16). The van der Waals surface area contributed by atoms with E-state index in [2.05, 4.69) is 10.6 Å². The Morgan fingerprint density at radius 1 is 1.47 bits per heavy atom. The van der Waals surface area contributed by atoms with E-state index in [1.807, 2.05) is 6.92 Å². The monoisotopic (exact) mass is 267 g/mol. The van der Waals surface area contributed by atoms with Crippen LogP contribution in [0.3, 0.4) is 0 Å². The molecule has 1 aromatic rings.